The van der Waals surface area contributed by atoms with Crippen molar-refractivity contribution in [2.75, 3.05) is 13.4 Å². The molecule has 0 saturated heterocycles. The monoisotopic (exact) mass is 425 g/mol. The van der Waals surface area contributed by atoms with Crippen molar-refractivity contribution in [1.82, 2.24) is 10.7 Å². The van der Waals surface area contributed by atoms with E-state index in [1.807, 2.05) is 39.0 Å². The zero-order chi connectivity index (χ0) is 22.2. The smallest absolute Gasteiger partial charge is 0.262 e. The van der Waals surface area contributed by atoms with Crippen LogP contribution in [0.2, 0.25) is 0 Å². The summed E-state index contributed by atoms with van der Waals surface area (Å²) in [5.74, 6) is 1.38. The topological polar surface area (TPSA) is 98.2 Å². The third-order valence-corrected chi connectivity index (χ3v) is 4.60. The van der Waals surface area contributed by atoms with E-state index in [-0.39, 0.29) is 25.2 Å². The van der Waals surface area contributed by atoms with E-state index >= 15 is 0 Å². The Bertz CT molecular complexity index is 958. The van der Waals surface area contributed by atoms with Crippen molar-refractivity contribution < 1.29 is 23.8 Å². The van der Waals surface area contributed by atoms with Crippen LogP contribution in [0.5, 0.6) is 17.2 Å². The summed E-state index contributed by atoms with van der Waals surface area (Å²) in [6.45, 7) is 5.88. The van der Waals surface area contributed by atoms with Crippen LogP contribution >= 0.6 is 0 Å². The molecule has 2 N–H and O–H groups in total. The van der Waals surface area contributed by atoms with Gasteiger partial charge in [-0.05, 0) is 54.7 Å². The third kappa shape index (κ3) is 6.47. The van der Waals surface area contributed by atoms with Gasteiger partial charge >= 0.3 is 0 Å². The van der Waals surface area contributed by atoms with Gasteiger partial charge in [0.05, 0.1) is 6.21 Å². The first-order valence-corrected chi connectivity index (χ1v) is 10.1. The Morgan fingerprint density at radius 2 is 1.94 bits per heavy atom. The molecule has 1 heterocycles. The highest BCUT2D eigenvalue weighted by atomic mass is 16.7. The van der Waals surface area contributed by atoms with Gasteiger partial charge in [-0.2, -0.15) is 5.10 Å². The maximum absolute atomic E-state index is 12.6. The number of hydrogen-bond donors (Lipinski definition) is 2. The van der Waals surface area contributed by atoms with E-state index < -0.39 is 11.9 Å². The lowest BCUT2D eigenvalue weighted by Crippen LogP contribution is -2.47. The van der Waals surface area contributed by atoms with Crippen molar-refractivity contribution in [2.24, 2.45) is 11.0 Å². The molecule has 31 heavy (non-hydrogen) atoms. The van der Waals surface area contributed by atoms with E-state index in [9.17, 15) is 9.59 Å². The van der Waals surface area contributed by atoms with Crippen molar-refractivity contribution in [3.63, 3.8) is 0 Å². The SMILES string of the molecule is Cc1ccccc1OCC(=O)N[C@@H](CC(C)C)C(=O)N/N=C\c1ccc2c(c1)OCO2. The number of rotatable bonds is 9. The summed E-state index contributed by atoms with van der Waals surface area (Å²) in [7, 11) is 0. The third-order valence-electron chi connectivity index (χ3n) is 4.60. The molecule has 2 aromatic carbocycles. The second kappa shape index (κ2) is 10.5. The van der Waals surface area contributed by atoms with Crippen LogP contribution < -0.4 is 25.0 Å². The van der Waals surface area contributed by atoms with Crippen LogP contribution in [0.4, 0.5) is 0 Å². The first-order valence-electron chi connectivity index (χ1n) is 10.1. The molecule has 3 rings (SSSR count). The molecule has 0 radical (unpaired) electrons. The fraction of sp³-hybridized carbons (Fsp3) is 0.348. The minimum atomic E-state index is -0.720. The highest BCUT2D eigenvalue weighted by Crippen LogP contribution is 2.31. The molecule has 0 fully saturated rings. The minimum Gasteiger partial charge on any atom is -0.484 e. The summed E-state index contributed by atoms with van der Waals surface area (Å²) in [5, 5.41) is 6.74. The molecule has 2 amide bonds. The van der Waals surface area contributed by atoms with Crippen molar-refractivity contribution in [1.29, 1.82) is 0 Å². The molecule has 8 nitrogen and oxygen atoms in total. The normalized spacial score (nSPS) is 13.3. The highest BCUT2D eigenvalue weighted by molar-refractivity contribution is 5.89. The van der Waals surface area contributed by atoms with Gasteiger partial charge in [-0.25, -0.2) is 5.43 Å². The zero-order valence-corrected chi connectivity index (χ0v) is 17.9. The number of ether oxygens (including phenoxy) is 3. The van der Waals surface area contributed by atoms with Gasteiger partial charge in [0.15, 0.2) is 18.1 Å². The summed E-state index contributed by atoms with van der Waals surface area (Å²) in [4.78, 5) is 24.9. The van der Waals surface area contributed by atoms with Crippen molar-refractivity contribution in [3.8, 4) is 17.2 Å². The number of fused-ring (bicyclic) bond motifs is 1. The number of benzene rings is 2. The predicted molar refractivity (Wildman–Crippen MR) is 116 cm³/mol. The Morgan fingerprint density at radius 1 is 1.16 bits per heavy atom. The van der Waals surface area contributed by atoms with Crippen LogP contribution in [-0.4, -0.2) is 37.5 Å². The lowest BCUT2D eigenvalue weighted by molar-refractivity contribution is -0.130. The molecule has 164 valence electrons. The molecular weight excluding hydrogens is 398 g/mol. The standard InChI is InChI=1S/C23H27N3O5/c1-15(2)10-18(25-22(27)13-29-19-7-5-4-6-16(19)3)23(28)26-24-12-17-8-9-20-21(11-17)31-14-30-20/h4-9,11-12,15,18H,10,13-14H2,1-3H3,(H,25,27)(H,26,28)/b24-12-/t18-/m0/s1. The van der Waals surface area contributed by atoms with E-state index in [0.717, 1.165) is 11.1 Å². The van der Waals surface area contributed by atoms with Crippen LogP contribution in [0.15, 0.2) is 47.6 Å². The van der Waals surface area contributed by atoms with Crippen molar-refractivity contribution in [3.05, 3.63) is 53.6 Å². The summed E-state index contributed by atoms with van der Waals surface area (Å²) in [5.41, 5.74) is 4.18. The van der Waals surface area contributed by atoms with Gasteiger partial charge in [-0.1, -0.05) is 32.0 Å². The minimum absolute atomic E-state index is 0.173. The van der Waals surface area contributed by atoms with Crippen molar-refractivity contribution >= 4 is 18.0 Å². The fourth-order valence-corrected chi connectivity index (χ4v) is 3.04. The van der Waals surface area contributed by atoms with E-state index in [1.54, 1.807) is 24.3 Å². The number of hydrogen-bond acceptors (Lipinski definition) is 6. The van der Waals surface area contributed by atoms with Gasteiger partial charge in [0.2, 0.25) is 6.79 Å². The van der Waals surface area contributed by atoms with E-state index in [4.69, 9.17) is 14.2 Å². The number of carbonyl (C=O) groups excluding carboxylic acids is 2. The summed E-state index contributed by atoms with van der Waals surface area (Å²) >= 11 is 0. The average molecular weight is 425 g/mol. The van der Waals surface area contributed by atoms with Gasteiger partial charge in [-0.3, -0.25) is 9.59 Å². The van der Waals surface area contributed by atoms with Gasteiger partial charge in [0, 0.05) is 0 Å². The molecule has 8 heteroatoms. The Morgan fingerprint density at radius 3 is 2.71 bits per heavy atom. The van der Waals surface area contributed by atoms with Gasteiger partial charge in [0.1, 0.15) is 11.8 Å². The van der Waals surface area contributed by atoms with E-state index in [0.29, 0.717) is 23.7 Å². The fourth-order valence-electron chi connectivity index (χ4n) is 3.04. The molecule has 1 aliphatic rings. The first-order chi connectivity index (χ1) is 14.9. The van der Waals surface area contributed by atoms with E-state index in [2.05, 4.69) is 15.8 Å². The molecule has 0 saturated carbocycles. The number of nitrogens with zero attached hydrogens (tertiary/aromatic N) is 1. The highest BCUT2D eigenvalue weighted by Gasteiger charge is 2.22. The Balaban J connectivity index is 1.54. The second-order valence-corrected chi connectivity index (χ2v) is 7.65. The van der Waals surface area contributed by atoms with Crippen LogP contribution in [0.25, 0.3) is 0 Å². The second-order valence-electron chi connectivity index (χ2n) is 7.65. The first kappa shape index (κ1) is 22.1. The molecule has 1 atom stereocenters. The predicted octanol–water partition coefficient (Wildman–Crippen LogP) is 2.78. The van der Waals surface area contributed by atoms with Gasteiger partial charge in [0.25, 0.3) is 11.8 Å². The summed E-state index contributed by atoms with van der Waals surface area (Å²) in [6.07, 6.45) is 1.98. The maximum atomic E-state index is 12.6. The Labute approximate surface area is 181 Å². The molecule has 2 aromatic rings. The van der Waals surface area contributed by atoms with Crippen LogP contribution in [0, 0.1) is 12.8 Å². The maximum Gasteiger partial charge on any atom is 0.262 e. The van der Waals surface area contributed by atoms with Gasteiger partial charge in [-0.15, -0.1) is 0 Å². The average Bonchev–Trinajstić information content (AvgIpc) is 3.20. The molecule has 1 aliphatic heterocycles. The number of aryl methyl sites for hydroxylation is 1. The van der Waals surface area contributed by atoms with E-state index in [1.165, 1.54) is 6.21 Å². The summed E-state index contributed by atoms with van der Waals surface area (Å²) in [6, 6.07) is 12.1. The van der Waals surface area contributed by atoms with Crippen LogP contribution in [-0.2, 0) is 9.59 Å². The largest absolute Gasteiger partial charge is 0.484 e. The quantitative estimate of drug-likeness (QED) is 0.476. The zero-order valence-electron chi connectivity index (χ0n) is 17.9. The molecular formula is C23H27N3O5. The van der Waals surface area contributed by atoms with Gasteiger partial charge < -0.3 is 19.5 Å². The number of carbonyl (C=O) groups is 2. The lowest BCUT2D eigenvalue weighted by atomic mass is 10.0. The molecule has 0 aliphatic carbocycles. The number of hydrazone groups is 1. The molecule has 0 bridgehead atoms. The molecule has 0 spiro atoms. The molecule has 0 unspecified atom stereocenters. The number of para-hydroxylation sites is 1. The Hall–Kier alpha value is -3.55. The molecule has 0 aromatic heterocycles. The van der Waals surface area contributed by atoms with Crippen molar-refractivity contribution in [2.45, 2.75) is 33.2 Å². The summed E-state index contributed by atoms with van der Waals surface area (Å²) < 4.78 is 16.2. The Kier molecular flexibility index (Phi) is 7.48. The van der Waals surface area contributed by atoms with Crippen LogP contribution in [0.3, 0.4) is 0 Å². The van der Waals surface area contributed by atoms with Crippen LogP contribution in [0.1, 0.15) is 31.4 Å². The number of amides is 2. The number of nitrogens with one attached hydrogen (secondary N) is 2. The lowest BCUT2D eigenvalue weighted by Gasteiger charge is -2.19.